The van der Waals surface area contributed by atoms with Gasteiger partial charge in [0.2, 0.25) is 0 Å². The van der Waals surface area contributed by atoms with Gasteiger partial charge in [-0.3, -0.25) is 9.78 Å². The number of H-pyrrole nitrogens is 1. The van der Waals surface area contributed by atoms with Gasteiger partial charge < -0.3 is 20.2 Å². The van der Waals surface area contributed by atoms with E-state index in [9.17, 15) is 4.79 Å². The van der Waals surface area contributed by atoms with Crippen molar-refractivity contribution in [2.24, 2.45) is 13.0 Å². The van der Waals surface area contributed by atoms with Crippen molar-refractivity contribution in [1.82, 2.24) is 35.0 Å². The molecule has 3 aromatic heterocycles. The molecule has 0 aliphatic heterocycles. The van der Waals surface area contributed by atoms with Gasteiger partial charge in [-0.25, -0.2) is 4.98 Å². The standard InChI is InChI=1S/C23H24N8O/c1-31-12-11-25-22(31)20(15-5-6-15)28-23(32)17-3-2-4-18(13-17)26-14-19-27-21(30-29-19)16-7-9-24-10-8-16/h2-4,7-13,15,20,26H,5-6,14H2,1H3,(H,28,32)(H,27,29,30). The van der Waals surface area contributed by atoms with Gasteiger partial charge >= 0.3 is 0 Å². The summed E-state index contributed by atoms with van der Waals surface area (Å²) in [6, 6.07) is 11.1. The van der Waals surface area contributed by atoms with Gasteiger partial charge in [-0.15, -0.1) is 10.2 Å². The Labute approximate surface area is 185 Å². The van der Waals surface area contributed by atoms with Gasteiger partial charge in [-0.1, -0.05) is 6.07 Å². The molecule has 162 valence electrons. The van der Waals surface area contributed by atoms with Crippen molar-refractivity contribution in [3.05, 3.63) is 78.4 Å². The summed E-state index contributed by atoms with van der Waals surface area (Å²) in [5, 5.41) is 14.9. The minimum atomic E-state index is -0.104. The Morgan fingerprint density at radius 2 is 2.03 bits per heavy atom. The van der Waals surface area contributed by atoms with E-state index in [2.05, 4.69) is 35.8 Å². The first-order valence-corrected chi connectivity index (χ1v) is 10.6. The maximum absolute atomic E-state index is 13.0. The Hall–Kier alpha value is -4.01. The van der Waals surface area contributed by atoms with Crippen LogP contribution in [0.15, 0.2) is 61.2 Å². The zero-order valence-corrected chi connectivity index (χ0v) is 17.7. The summed E-state index contributed by atoms with van der Waals surface area (Å²) in [5.41, 5.74) is 2.36. The maximum atomic E-state index is 13.0. The summed E-state index contributed by atoms with van der Waals surface area (Å²) < 4.78 is 1.97. The van der Waals surface area contributed by atoms with Gasteiger partial charge in [0, 0.05) is 48.6 Å². The lowest BCUT2D eigenvalue weighted by molar-refractivity contribution is 0.0929. The van der Waals surface area contributed by atoms with Gasteiger partial charge in [0.05, 0.1) is 12.6 Å². The van der Waals surface area contributed by atoms with E-state index in [-0.39, 0.29) is 11.9 Å². The third kappa shape index (κ3) is 4.36. The zero-order chi connectivity index (χ0) is 21.9. The number of hydrogen-bond donors (Lipinski definition) is 3. The van der Waals surface area contributed by atoms with E-state index in [4.69, 9.17) is 0 Å². The smallest absolute Gasteiger partial charge is 0.251 e. The van der Waals surface area contributed by atoms with Gasteiger partial charge in [-0.2, -0.15) is 0 Å². The van der Waals surface area contributed by atoms with Crippen LogP contribution < -0.4 is 10.6 Å². The molecule has 0 bridgehead atoms. The van der Waals surface area contributed by atoms with Gasteiger partial charge in [0.1, 0.15) is 11.6 Å². The molecule has 9 nitrogen and oxygen atoms in total. The second-order valence-electron chi connectivity index (χ2n) is 7.98. The second kappa shape index (κ2) is 8.62. The number of carbonyl (C=O) groups is 1. The van der Waals surface area contributed by atoms with Crippen LogP contribution in [-0.2, 0) is 13.6 Å². The summed E-state index contributed by atoms with van der Waals surface area (Å²) in [6.45, 7) is 0.459. The molecule has 0 radical (unpaired) electrons. The minimum absolute atomic E-state index is 0.0695. The summed E-state index contributed by atoms with van der Waals surface area (Å²) in [6.07, 6.45) is 9.33. The highest BCUT2D eigenvalue weighted by molar-refractivity contribution is 5.95. The molecule has 1 unspecified atom stereocenters. The predicted octanol–water partition coefficient (Wildman–Crippen LogP) is 3.09. The molecule has 3 N–H and O–H groups in total. The first-order valence-electron chi connectivity index (χ1n) is 10.6. The molecule has 1 aliphatic carbocycles. The van der Waals surface area contributed by atoms with Crippen molar-refractivity contribution in [3.63, 3.8) is 0 Å². The fourth-order valence-electron chi connectivity index (χ4n) is 3.70. The van der Waals surface area contributed by atoms with Crippen molar-refractivity contribution in [1.29, 1.82) is 0 Å². The Morgan fingerprint density at radius 1 is 1.19 bits per heavy atom. The first-order chi connectivity index (χ1) is 15.7. The molecule has 1 atom stereocenters. The van der Waals surface area contributed by atoms with Gasteiger partial charge in [0.25, 0.3) is 5.91 Å². The van der Waals surface area contributed by atoms with E-state index in [0.29, 0.717) is 29.7 Å². The lowest BCUT2D eigenvalue weighted by Gasteiger charge is -2.18. The van der Waals surface area contributed by atoms with Crippen molar-refractivity contribution in [2.75, 3.05) is 5.32 Å². The van der Waals surface area contributed by atoms with Crippen LogP contribution in [0.5, 0.6) is 0 Å². The monoisotopic (exact) mass is 428 g/mol. The fourth-order valence-corrected chi connectivity index (χ4v) is 3.70. The fraction of sp³-hybridized carbons (Fsp3) is 0.261. The molecule has 1 amide bonds. The third-order valence-electron chi connectivity index (χ3n) is 5.59. The van der Waals surface area contributed by atoms with Crippen LogP contribution in [0.25, 0.3) is 11.4 Å². The minimum Gasteiger partial charge on any atom is -0.378 e. The molecule has 0 spiro atoms. The number of nitrogens with zero attached hydrogens (tertiary/aromatic N) is 5. The lowest BCUT2D eigenvalue weighted by atomic mass is 10.1. The largest absolute Gasteiger partial charge is 0.378 e. The van der Waals surface area contributed by atoms with Gasteiger partial charge in [0.15, 0.2) is 5.82 Å². The molecule has 32 heavy (non-hydrogen) atoms. The number of pyridine rings is 1. The van der Waals surface area contributed by atoms with Crippen LogP contribution in [0.1, 0.15) is 40.9 Å². The SMILES string of the molecule is Cn1ccnc1C(NC(=O)c1cccc(NCc2nnc(-c3ccncc3)[nH]2)c1)C1CC1. The Balaban J connectivity index is 1.24. The highest BCUT2D eigenvalue weighted by Gasteiger charge is 2.35. The van der Waals surface area contributed by atoms with E-state index in [1.54, 1.807) is 18.6 Å². The molecule has 0 saturated heterocycles. The molecule has 9 heteroatoms. The maximum Gasteiger partial charge on any atom is 0.251 e. The molecule has 1 aromatic carbocycles. The highest BCUT2D eigenvalue weighted by Crippen LogP contribution is 2.40. The molecular weight excluding hydrogens is 404 g/mol. The Bertz CT molecular complexity index is 1210. The van der Waals surface area contributed by atoms with Crippen LogP contribution in [0, 0.1) is 5.92 Å². The van der Waals surface area contributed by atoms with Crippen molar-refractivity contribution >= 4 is 11.6 Å². The van der Waals surface area contributed by atoms with E-state index in [1.807, 2.05) is 54.2 Å². The topological polar surface area (TPSA) is 113 Å². The normalized spacial score (nSPS) is 14.2. The zero-order valence-electron chi connectivity index (χ0n) is 17.7. The van der Waals surface area contributed by atoms with Crippen molar-refractivity contribution in [3.8, 4) is 11.4 Å². The average molecular weight is 429 g/mol. The average Bonchev–Trinajstić information content (AvgIpc) is 3.40. The summed E-state index contributed by atoms with van der Waals surface area (Å²) in [7, 11) is 1.96. The number of aryl methyl sites for hydroxylation is 1. The number of carbonyl (C=O) groups excluding carboxylic acids is 1. The predicted molar refractivity (Wildman–Crippen MR) is 120 cm³/mol. The number of hydrogen-bond acceptors (Lipinski definition) is 6. The molecule has 1 fully saturated rings. The highest BCUT2D eigenvalue weighted by atomic mass is 16.1. The third-order valence-corrected chi connectivity index (χ3v) is 5.59. The summed E-state index contributed by atoms with van der Waals surface area (Å²) >= 11 is 0. The van der Waals surface area contributed by atoms with Gasteiger partial charge in [-0.05, 0) is 49.1 Å². The number of nitrogens with one attached hydrogen (secondary N) is 3. The second-order valence-corrected chi connectivity index (χ2v) is 7.98. The number of imidazole rings is 1. The number of benzene rings is 1. The number of aromatic amines is 1. The molecule has 3 heterocycles. The van der Waals surface area contributed by atoms with Crippen LogP contribution in [-0.4, -0.2) is 35.6 Å². The van der Waals surface area contributed by atoms with Crippen LogP contribution in [0.2, 0.25) is 0 Å². The molecule has 1 saturated carbocycles. The first kappa shape index (κ1) is 19.9. The quantitative estimate of drug-likeness (QED) is 0.397. The van der Waals surface area contributed by atoms with Crippen molar-refractivity contribution < 1.29 is 4.79 Å². The number of aromatic nitrogens is 6. The number of amides is 1. The van der Waals surface area contributed by atoms with E-state index in [0.717, 1.165) is 29.9 Å². The van der Waals surface area contributed by atoms with E-state index >= 15 is 0 Å². The molecule has 1 aliphatic rings. The number of anilines is 1. The summed E-state index contributed by atoms with van der Waals surface area (Å²) in [4.78, 5) is 24.6. The molecule has 4 aromatic rings. The molecular formula is C23H24N8O. The molecule has 5 rings (SSSR count). The van der Waals surface area contributed by atoms with E-state index < -0.39 is 0 Å². The lowest BCUT2D eigenvalue weighted by Crippen LogP contribution is -2.31. The number of rotatable bonds is 8. The Kier molecular flexibility index (Phi) is 5.37. The van der Waals surface area contributed by atoms with Crippen molar-refractivity contribution in [2.45, 2.75) is 25.4 Å². The van der Waals surface area contributed by atoms with Crippen LogP contribution >= 0.6 is 0 Å². The Morgan fingerprint density at radius 3 is 2.78 bits per heavy atom. The van der Waals surface area contributed by atoms with Crippen LogP contribution in [0.4, 0.5) is 5.69 Å². The van der Waals surface area contributed by atoms with Crippen LogP contribution in [0.3, 0.4) is 0 Å². The summed E-state index contributed by atoms with van der Waals surface area (Å²) in [5.74, 6) is 2.63. The van der Waals surface area contributed by atoms with E-state index in [1.165, 1.54) is 0 Å².